The average molecular weight is 473 g/mol. The maximum absolute atomic E-state index is 12.8. The summed E-state index contributed by atoms with van der Waals surface area (Å²) < 4.78 is 44.1. The maximum Gasteiger partial charge on any atom is 0.389 e. The number of ether oxygens (including phenoxy) is 1. The van der Waals surface area contributed by atoms with Gasteiger partial charge >= 0.3 is 6.18 Å². The van der Waals surface area contributed by atoms with Crippen molar-refractivity contribution in [2.45, 2.75) is 44.8 Å². The molecule has 0 radical (unpaired) electrons. The van der Waals surface area contributed by atoms with Crippen LogP contribution in [0, 0.1) is 5.41 Å². The number of carbonyl (C=O) groups is 1. The van der Waals surface area contributed by atoms with Crippen molar-refractivity contribution < 1.29 is 27.8 Å². The summed E-state index contributed by atoms with van der Waals surface area (Å²) in [5.41, 5.74) is -0.0448. The first-order valence-corrected chi connectivity index (χ1v) is 10.6. The van der Waals surface area contributed by atoms with Crippen LogP contribution in [0.3, 0.4) is 0 Å². The Labute approximate surface area is 188 Å². The molecule has 3 rings (SSSR count). The lowest BCUT2D eigenvalue weighted by Crippen LogP contribution is -2.46. The van der Waals surface area contributed by atoms with Crippen LogP contribution in [0.2, 0.25) is 5.02 Å². The number of Topliss-reactive ketones (excluding diaryl/α,β-unsaturated/α-hetero) is 1. The molecular weight excluding hydrogens is 449 g/mol. The Morgan fingerprint density at radius 1 is 1.25 bits per heavy atom. The normalized spacial score (nSPS) is 15.4. The highest BCUT2D eigenvalue weighted by molar-refractivity contribution is 6.30. The molecule has 2 heterocycles. The van der Waals surface area contributed by atoms with E-state index in [1.165, 1.54) is 6.07 Å². The fourth-order valence-corrected chi connectivity index (χ4v) is 3.62. The molecule has 0 spiro atoms. The Morgan fingerprint density at radius 2 is 1.94 bits per heavy atom. The van der Waals surface area contributed by atoms with Gasteiger partial charge in [0.05, 0.1) is 32.1 Å². The number of aliphatic hydroxyl groups is 1. The smallest absolute Gasteiger partial charge is 0.389 e. The molecule has 174 valence electrons. The number of alkyl halides is 3. The molecule has 1 saturated heterocycles. The zero-order chi connectivity index (χ0) is 23.4. The van der Waals surface area contributed by atoms with Crippen LogP contribution in [0.25, 0.3) is 11.3 Å². The summed E-state index contributed by atoms with van der Waals surface area (Å²) in [5.74, 6) is -0.131. The molecular formula is C22H24ClF3N2O4. The largest absolute Gasteiger partial charge is 0.396 e. The van der Waals surface area contributed by atoms with Crippen LogP contribution in [-0.4, -0.2) is 46.4 Å². The lowest BCUT2D eigenvalue weighted by molar-refractivity contribution is -0.145. The first-order chi connectivity index (χ1) is 15.1. The molecule has 2 aromatic rings. The topological polar surface area (TPSA) is 81.4 Å². The minimum atomic E-state index is -4.32. The number of nitrogens with zero attached hydrogens (tertiary/aromatic N) is 2. The Bertz CT molecular complexity index is 996. The molecule has 0 saturated carbocycles. The molecule has 1 aliphatic heterocycles. The van der Waals surface area contributed by atoms with Crippen molar-refractivity contribution in [2.75, 3.05) is 19.8 Å². The highest BCUT2D eigenvalue weighted by atomic mass is 35.5. The molecule has 0 atom stereocenters. The van der Waals surface area contributed by atoms with Crippen LogP contribution in [0.4, 0.5) is 13.2 Å². The number of halogens is 4. The second-order valence-electron chi connectivity index (χ2n) is 8.15. The Morgan fingerprint density at radius 3 is 2.50 bits per heavy atom. The van der Waals surface area contributed by atoms with E-state index in [1.54, 1.807) is 24.3 Å². The second kappa shape index (κ2) is 10.1. The monoisotopic (exact) mass is 472 g/mol. The summed E-state index contributed by atoms with van der Waals surface area (Å²) in [6, 6.07) is 7.83. The summed E-state index contributed by atoms with van der Waals surface area (Å²) in [6.45, 7) is 0.365. The zero-order valence-corrected chi connectivity index (χ0v) is 18.1. The quantitative estimate of drug-likeness (QED) is 0.568. The van der Waals surface area contributed by atoms with Gasteiger partial charge in [0.25, 0.3) is 5.56 Å². The Balaban J connectivity index is 1.81. The van der Waals surface area contributed by atoms with Crippen molar-refractivity contribution in [1.82, 2.24) is 9.55 Å². The van der Waals surface area contributed by atoms with Gasteiger partial charge in [-0.2, -0.15) is 13.2 Å². The average Bonchev–Trinajstić information content (AvgIpc) is 2.69. The van der Waals surface area contributed by atoms with Crippen molar-refractivity contribution in [1.29, 1.82) is 0 Å². The Kier molecular flexibility index (Phi) is 7.74. The van der Waals surface area contributed by atoms with Gasteiger partial charge in [-0.15, -0.1) is 0 Å². The minimum absolute atomic E-state index is 0.0970. The van der Waals surface area contributed by atoms with Gasteiger partial charge in [0, 0.05) is 41.3 Å². The molecule has 0 amide bonds. The summed E-state index contributed by atoms with van der Waals surface area (Å²) in [6.07, 6.45) is -5.15. The number of ketones is 1. The molecule has 0 bridgehead atoms. The summed E-state index contributed by atoms with van der Waals surface area (Å²) in [4.78, 5) is 29.7. The van der Waals surface area contributed by atoms with E-state index in [9.17, 15) is 27.9 Å². The summed E-state index contributed by atoms with van der Waals surface area (Å²) >= 11 is 5.89. The number of rotatable bonds is 10. The van der Waals surface area contributed by atoms with Crippen LogP contribution in [-0.2, 0) is 22.5 Å². The van der Waals surface area contributed by atoms with Gasteiger partial charge in [-0.25, -0.2) is 4.98 Å². The highest BCUT2D eigenvalue weighted by Gasteiger charge is 2.38. The molecule has 10 heteroatoms. The molecule has 1 fully saturated rings. The van der Waals surface area contributed by atoms with Gasteiger partial charge in [-0.05, 0) is 25.0 Å². The highest BCUT2D eigenvalue weighted by Crippen LogP contribution is 2.32. The number of aliphatic hydroxyl groups excluding tert-OH is 1. The second-order valence-corrected chi connectivity index (χ2v) is 8.58. The molecule has 0 aliphatic carbocycles. The molecule has 6 nitrogen and oxygen atoms in total. The molecule has 0 unspecified atom stereocenters. The van der Waals surface area contributed by atoms with Crippen molar-refractivity contribution in [3.63, 3.8) is 0 Å². The van der Waals surface area contributed by atoms with Gasteiger partial charge in [-0.3, -0.25) is 14.2 Å². The Hall–Kier alpha value is -2.23. The predicted octanol–water partition coefficient (Wildman–Crippen LogP) is 3.81. The number of hydrogen-bond donors (Lipinski definition) is 1. The van der Waals surface area contributed by atoms with Crippen LogP contribution in [0.1, 0.15) is 31.5 Å². The van der Waals surface area contributed by atoms with Crippen molar-refractivity contribution in [3.05, 3.63) is 51.5 Å². The third kappa shape index (κ3) is 6.40. The number of benzene rings is 1. The van der Waals surface area contributed by atoms with E-state index >= 15 is 0 Å². The molecule has 1 N–H and O–H groups in total. The lowest BCUT2D eigenvalue weighted by Gasteiger charge is -2.39. The van der Waals surface area contributed by atoms with Crippen LogP contribution in [0.5, 0.6) is 0 Å². The molecule has 1 aliphatic rings. The van der Waals surface area contributed by atoms with Crippen LogP contribution < -0.4 is 5.56 Å². The maximum atomic E-state index is 12.8. The van der Waals surface area contributed by atoms with Crippen LogP contribution >= 0.6 is 11.6 Å². The first kappa shape index (κ1) is 24.4. The third-order valence-electron chi connectivity index (χ3n) is 5.51. The lowest BCUT2D eigenvalue weighted by atomic mass is 9.81. The van der Waals surface area contributed by atoms with Crippen molar-refractivity contribution in [3.8, 4) is 11.3 Å². The summed E-state index contributed by atoms with van der Waals surface area (Å²) in [7, 11) is 0. The third-order valence-corrected chi connectivity index (χ3v) is 5.76. The zero-order valence-electron chi connectivity index (χ0n) is 17.3. The summed E-state index contributed by atoms with van der Waals surface area (Å²) in [5, 5.41) is 9.99. The molecule has 1 aromatic carbocycles. The van der Waals surface area contributed by atoms with Gasteiger partial charge in [0.1, 0.15) is 5.82 Å². The van der Waals surface area contributed by atoms with E-state index in [1.807, 2.05) is 0 Å². The van der Waals surface area contributed by atoms with Gasteiger partial charge in [-0.1, -0.05) is 23.7 Å². The minimum Gasteiger partial charge on any atom is -0.396 e. The number of aromatic nitrogens is 2. The fourth-order valence-electron chi connectivity index (χ4n) is 3.49. The SMILES string of the molecule is O=C(CCC1(CO)COC1)Cn1c(CCCC(F)(F)F)nc(-c2ccc(Cl)cc2)cc1=O. The van der Waals surface area contributed by atoms with E-state index in [-0.39, 0.29) is 44.0 Å². The number of aryl methyl sites for hydroxylation is 1. The van der Waals surface area contributed by atoms with Crippen molar-refractivity contribution >= 4 is 17.4 Å². The van der Waals surface area contributed by atoms with E-state index < -0.39 is 23.6 Å². The van der Waals surface area contributed by atoms with Gasteiger partial charge in [0.2, 0.25) is 0 Å². The number of hydrogen-bond acceptors (Lipinski definition) is 5. The molecule has 1 aromatic heterocycles. The fraction of sp³-hybridized carbons (Fsp3) is 0.500. The number of carbonyl (C=O) groups excluding carboxylic acids is 1. The molecule has 32 heavy (non-hydrogen) atoms. The van der Waals surface area contributed by atoms with E-state index in [4.69, 9.17) is 16.3 Å². The van der Waals surface area contributed by atoms with Crippen molar-refractivity contribution in [2.24, 2.45) is 5.41 Å². The van der Waals surface area contributed by atoms with E-state index in [0.29, 0.717) is 35.9 Å². The van der Waals surface area contributed by atoms with Gasteiger partial charge < -0.3 is 9.84 Å². The van der Waals surface area contributed by atoms with E-state index in [2.05, 4.69) is 4.98 Å². The predicted molar refractivity (Wildman–Crippen MR) is 113 cm³/mol. The first-order valence-electron chi connectivity index (χ1n) is 10.2. The standard InChI is InChI=1S/C22H24ClF3N2O4/c23-16-5-3-15(4-6-16)18-10-20(31)28(19(27-18)2-1-8-22(24,25)26)11-17(30)7-9-21(12-29)13-32-14-21/h3-6,10,29H,1-2,7-9,11-14H2. The van der Waals surface area contributed by atoms with Gasteiger partial charge in [0.15, 0.2) is 5.78 Å². The van der Waals surface area contributed by atoms with Crippen LogP contribution in [0.15, 0.2) is 35.1 Å². The van der Waals surface area contributed by atoms with E-state index in [0.717, 1.165) is 4.57 Å².